The zero-order valence-electron chi connectivity index (χ0n) is 15.8. The zero-order valence-corrected chi connectivity index (χ0v) is 16.8. The van der Waals surface area contributed by atoms with Gasteiger partial charge in [-0.25, -0.2) is 0 Å². The van der Waals surface area contributed by atoms with Crippen LogP contribution in [0.15, 0.2) is 54.9 Å². The molecule has 4 N–H and O–H groups in total. The second-order valence-electron chi connectivity index (χ2n) is 6.80. The number of hydrogen-bond donors (Lipinski definition) is 3. The fourth-order valence-corrected chi connectivity index (χ4v) is 3.50. The van der Waals surface area contributed by atoms with Crippen molar-refractivity contribution < 1.29 is 14.8 Å². The quantitative estimate of drug-likeness (QED) is 0.532. The van der Waals surface area contributed by atoms with Gasteiger partial charge in [0.2, 0.25) is 0 Å². The van der Waals surface area contributed by atoms with Crippen LogP contribution in [0.25, 0.3) is 10.8 Å². The van der Waals surface area contributed by atoms with Crippen molar-refractivity contribution in [2.75, 3.05) is 6.54 Å². The van der Waals surface area contributed by atoms with Gasteiger partial charge in [-0.2, -0.15) is 13.5 Å². The Morgan fingerprint density at radius 1 is 1.18 bits per heavy atom. The third-order valence-electron chi connectivity index (χ3n) is 4.97. The van der Waals surface area contributed by atoms with E-state index in [1.807, 2.05) is 49.4 Å². The summed E-state index contributed by atoms with van der Waals surface area (Å²) in [5.74, 6) is -0.371. The maximum atomic E-state index is 13.0. The summed E-state index contributed by atoms with van der Waals surface area (Å²) >= 11 is 0. The number of nitrogens with zero attached hydrogens (tertiary/aromatic N) is 1. The van der Waals surface area contributed by atoms with Crippen LogP contribution >= 0.6 is 13.5 Å². The van der Waals surface area contributed by atoms with Gasteiger partial charge in [0.25, 0.3) is 0 Å². The van der Waals surface area contributed by atoms with E-state index in [2.05, 4.69) is 4.98 Å². The van der Waals surface area contributed by atoms with Crippen LogP contribution in [0.3, 0.4) is 0 Å². The number of Topliss-reactive ketones (excluding diaryl/α,β-unsaturated/α-hetero) is 1. The summed E-state index contributed by atoms with van der Waals surface area (Å²) in [5, 5.41) is 20.6. The normalized spacial score (nSPS) is 11.7. The number of nitrogens with two attached hydrogens (primary N) is 1. The topological polar surface area (TPSA) is 96.4 Å². The van der Waals surface area contributed by atoms with Crippen molar-refractivity contribution in [3.63, 3.8) is 0 Å². The van der Waals surface area contributed by atoms with Crippen molar-refractivity contribution in [3.05, 3.63) is 77.1 Å². The molecule has 5 nitrogen and oxygen atoms in total. The standard InChI is InChI=1S/C21H23BN2O3.H2S/c1-14-17(11-22(26)27)3-2-4-19(14)20(12-23)21(25)10-15-5-6-18-13-24-8-7-16(18)9-15;/h2-9,13,20,26-27H,10-12,23H2,1H3;1H2/t20-;/m1./s1. The second kappa shape index (κ2) is 9.84. The van der Waals surface area contributed by atoms with Gasteiger partial charge < -0.3 is 15.8 Å². The lowest BCUT2D eigenvalue weighted by Gasteiger charge is -2.19. The lowest BCUT2D eigenvalue weighted by Crippen LogP contribution is -2.25. The zero-order chi connectivity index (χ0) is 19.4. The highest BCUT2D eigenvalue weighted by Gasteiger charge is 2.23. The van der Waals surface area contributed by atoms with Gasteiger partial charge in [-0.15, -0.1) is 0 Å². The molecule has 0 unspecified atom stereocenters. The van der Waals surface area contributed by atoms with E-state index in [-0.39, 0.29) is 32.1 Å². The number of rotatable bonds is 7. The summed E-state index contributed by atoms with van der Waals surface area (Å²) in [6, 6.07) is 13.4. The molecule has 0 spiro atoms. The van der Waals surface area contributed by atoms with Crippen LogP contribution in [0.1, 0.15) is 28.2 Å². The van der Waals surface area contributed by atoms with Gasteiger partial charge in [0.05, 0.1) is 5.92 Å². The fourth-order valence-electron chi connectivity index (χ4n) is 3.50. The van der Waals surface area contributed by atoms with Crippen LogP contribution < -0.4 is 5.73 Å². The highest BCUT2D eigenvalue weighted by molar-refractivity contribution is 7.59. The largest absolute Gasteiger partial charge is 0.456 e. The number of carbonyl (C=O) groups excluding carboxylic acids is 1. The molecule has 28 heavy (non-hydrogen) atoms. The lowest BCUT2D eigenvalue weighted by molar-refractivity contribution is -0.119. The Morgan fingerprint density at radius 3 is 2.68 bits per heavy atom. The van der Waals surface area contributed by atoms with Gasteiger partial charge >= 0.3 is 7.12 Å². The smallest absolute Gasteiger partial charge is 0.427 e. The van der Waals surface area contributed by atoms with Gasteiger partial charge in [0.1, 0.15) is 5.78 Å². The highest BCUT2D eigenvalue weighted by atomic mass is 32.1. The van der Waals surface area contributed by atoms with E-state index in [1.54, 1.807) is 12.4 Å². The average Bonchev–Trinajstić information content (AvgIpc) is 2.65. The second-order valence-corrected chi connectivity index (χ2v) is 6.80. The molecule has 0 saturated carbocycles. The molecule has 0 aliphatic carbocycles. The minimum atomic E-state index is -1.42. The molecule has 7 heteroatoms. The predicted octanol–water partition coefficient (Wildman–Crippen LogP) is 2.06. The third-order valence-corrected chi connectivity index (χ3v) is 4.97. The first kappa shape index (κ1) is 22.1. The Kier molecular flexibility index (Phi) is 7.77. The van der Waals surface area contributed by atoms with E-state index >= 15 is 0 Å². The van der Waals surface area contributed by atoms with E-state index < -0.39 is 13.0 Å². The number of ketones is 1. The van der Waals surface area contributed by atoms with Gasteiger partial charge in [0, 0.05) is 37.1 Å². The van der Waals surface area contributed by atoms with Crippen molar-refractivity contribution in [1.29, 1.82) is 0 Å². The molecule has 1 atom stereocenters. The molecule has 0 aliphatic rings. The van der Waals surface area contributed by atoms with Crippen LogP contribution in [0.5, 0.6) is 0 Å². The van der Waals surface area contributed by atoms with E-state index in [4.69, 9.17) is 5.73 Å². The molecule has 146 valence electrons. The van der Waals surface area contributed by atoms with Gasteiger partial charge in [-0.1, -0.05) is 36.4 Å². The minimum absolute atomic E-state index is 0. The molecule has 3 aromatic rings. The van der Waals surface area contributed by atoms with Crippen molar-refractivity contribution in [3.8, 4) is 0 Å². The maximum absolute atomic E-state index is 13.0. The van der Waals surface area contributed by atoms with Crippen LogP contribution in [-0.2, 0) is 17.5 Å². The minimum Gasteiger partial charge on any atom is -0.427 e. The molecular weight excluding hydrogens is 371 g/mol. The Balaban J connectivity index is 0.00000280. The van der Waals surface area contributed by atoms with Crippen LogP contribution in [0, 0.1) is 6.92 Å². The number of benzene rings is 2. The summed E-state index contributed by atoms with van der Waals surface area (Å²) in [6.45, 7) is 2.11. The van der Waals surface area contributed by atoms with E-state index in [1.165, 1.54) is 0 Å². The summed E-state index contributed by atoms with van der Waals surface area (Å²) < 4.78 is 0. The molecule has 0 amide bonds. The Bertz CT molecular complexity index is 965. The number of aromatic nitrogens is 1. The van der Waals surface area contributed by atoms with Crippen molar-refractivity contribution in [2.24, 2.45) is 5.73 Å². The van der Waals surface area contributed by atoms with E-state index in [0.717, 1.165) is 33.0 Å². The maximum Gasteiger partial charge on any atom is 0.456 e. The van der Waals surface area contributed by atoms with E-state index in [0.29, 0.717) is 6.42 Å². The summed E-state index contributed by atoms with van der Waals surface area (Å²) in [5.41, 5.74) is 9.44. The molecule has 0 bridgehead atoms. The molecule has 0 aliphatic heterocycles. The number of hydrogen-bond acceptors (Lipinski definition) is 5. The first-order chi connectivity index (χ1) is 13.0. The summed E-state index contributed by atoms with van der Waals surface area (Å²) in [7, 11) is -1.42. The highest BCUT2D eigenvalue weighted by Crippen LogP contribution is 2.25. The molecule has 0 saturated heterocycles. The molecule has 1 heterocycles. The molecule has 0 fully saturated rings. The van der Waals surface area contributed by atoms with Crippen molar-refractivity contribution in [2.45, 2.75) is 25.6 Å². The van der Waals surface area contributed by atoms with Gasteiger partial charge in [0.15, 0.2) is 0 Å². The SMILES string of the molecule is Cc1c(CB(O)O)cccc1[C@@H](CN)C(=O)Cc1ccc2cnccc2c1.S. The first-order valence-corrected chi connectivity index (χ1v) is 8.99. The fraction of sp³-hybridized carbons (Fsp3) is 0.238. The number of fused-ring (bicyclic) bond motifs is 1. The van der Waals surface area contributed by atoms with Crippen LogP contribution in [-0.4, -0.2) is 34.5 Å². The van der Waals surface area contributed by atoms with Gasteiger partial charge in [-0.3, -0.25) is 9.78 Å². The Labute approximate surface area is 172 Å². The summed E-state index contributed by atoms with van der Waals surface area (Å²) in [4.78, 5) is 17.1. The predicted molar refractivity (Wildman–Crippen MR) is 118 cm³/mol. The number of carbonyl (C=O) groups is 1. The monoisotopic (exact) mass is 396 g/mol. The Hall–Kier alpha value is -2.19. The lowest BCUT2D eigenvalue weighted by atomic mass is 9.78. The number of pyridine rings is 1. The van der Waals surface area contributed by atoms with Crippen LogP contribution in [0.2, 0.25) is 0 Å². The molecule has 3 rings (SSSR count). The van der Waals surface area contributed by atoms with E-state index in [9.17, 15) is 14.8 Å². The Morgan fingerprint density at radius 2 is 1.96 bits per heavy atom. The molecule has 0 radical (unpaired) electrons. The molecular formula is C21H25BN2O3S. The summed E-state index contributed by atoms with van der Waals surface area (Å²) in [6.07, 6.45) is 3.96. The van der Waals surface area contributed by atoms with Crippen LogP contribution in [0.4, 0.5) is 0 Å². The first-order valence-electron chi connectivity index (χ1n) is 8.99. The van der Waals surface area contributed by atoms with Crippen molar-refractivity contribution >= 4 is 37.2 Å². The third kappa shape index (κ3) is 5.00. The van der Waals surface area contributed by atoms with Crippen molar-refractivity contribution in [1.82, 2.24) is 4.98 Å². The van der Waals surface area contributed by atoms with Gasteiger partial charge in [-0.05, 0) is 40.6 Å². The average molecular weight is 396 g/mol. The molecule has 2 aromatic carbocycles. The molecule has 1 aromatic heterocycles.